The van der Waals surface area contributed by atoms with Crippen molar-refractivity contribution in [2.75, 3.05) is 25.5 Å². The van der Waals surface area contributed by atoms with Crippen LogP contribution in [-0.2, 0) is 0 Å². The van der Waals surface area contributed by atoms with E-state index in [1.807, 2.05) is 18.2 Å². The molecule has 1 N–H and O–H groups in total. The van der Waals surface area contributed by atoms with Crippen molar-refractivity contribution in [3.8, 4) is 17.0 Å². The molecule has 6 rings (SSSR count). The summed E-state index contributed by atoms with van der Waals surface area (Å²) in [6, 6.07) is 13.2. The highest BCUT2D eigenvalue weighted by Crippen LogP contribution is 2.34. The maximum absolute atomic E-state index is 12.7. The van der Waals surface area contributed by atoms with Crippen molar-refractivity contribution in [3.63, 3.8) is 0 Å². The number of ether oxygens (including phenoxy) is 1. The molecule has 1 saturated carbocycles. The first-order chi connectivity index (χ1) is 18.2. The smallest absolute Gasteiger partial charge is 0.281 e. The summed E-state index contributed by atoms with van der Waals surface area (Å²) >= 11 is 0. The van der Waals surface area contributed by atoms with Crippen molar-refractivity contribution < 1.29 is 9.53 Å². The molecule has 1 radical (unpaired) electrons. The Kier molecular flexibility index (Phi) is 6.62. The Labute approximate surface area is 218 Å². The van der Waals surface area contributed by atoms with Gasteiger partial charge in [0, 0.05) is 29.7 Å². The Hall–Kier alpha value is -3.71. The second-order valence-corrected chi connectivity index (χ2v) is 10.2. The van der Waals surface area contributed by atoms with Crippen LogP contribution in [0.15, 0.2) is 55.0 Å². The molecule has 0 atom stereocenters. The third-order valence-corrected chi connectivity index (χ3v) is 7.97. The van der Waals surface area contributed by atoms with Crippen molar-refractivity contribution >= 4 is 23.5 Å². The fourth-order valence-electron chi connectivity index (χ4n) is 5.92. The van der Waals surface area contributed by atoms with Gasteiger partial charge in [-0.3, -0.25) is 9.78 Å². The van der Waals surface area contributed by atoms with Gasteiger partial charge in [0.1, 0.15) is 11.6 Å². The Morgan fingerprint density at radius 2 is 1.78 bits per heavy atom. The van der Waals surface area contributed by atoms with Gasteiger partial charge in [-0.05, 0) is 86.2 Å². The molecule has 3 aliphatic rings. The first kappa shape index (κ1) is 23.7. The molecule has 1 aromatic carbocycles. The van der Waals surface area contributed by atoms with E-state index in [1.54, 1.807) is 19.5 Å². The number of carbonyl (C=O) groups excluding carboxylic acids is 1. The second-order valence-electron chi connectivity index (χ2n) is 10.2. The number of piperidine rings is 1. The molecule has 2 aromatic heterocycles. The number of fused-ring (bicyclic) bond motifs is 1. The number of nitrogens with one attached hydrogen (secondary N) is 1. The molecule has 1 aliphatic carbocycles. The standard InChI is InChI=1S/C30H32N5O2/c1-37-26-16-23(18-31-19-26)27-17-22-10-13-32-30(36)28(22)29(34-27)33-24-8-6-20(7-9-24)21-11-14-35(15-12-21)25-4-2-3-5-25/h6-10,13,16-19,21,25H,2-5,11-12,14-15H2,1H3,(H,33,34). The summed E-state index contributed by atoms with van der Waals surface area (Å²) in [5.41, 5.74) is 5.05. The minimum absolute atomic E-state index is 0.298. The predicted octanol–water partition coefficient (Wildman–Crippen LogP) is 5.75. The van der Waals surface area contributed by atoms with E-state index >= 15 is 0 Å². The third kappa shape index (κ3) is 4.96. The fourth-order valence-corrected chi connectivity index (χ4v) is 5.92. The number of pyridine rings is 2. The zero-order chi connectivity index (χ0) is 25.2. The topological polar surface area (TPSA) is 81.4 Å². The number of rotatable bonds is 6. The number of hydrogen-bond donors (Lipinski definition) is 1. The Balaban J connectivity index is 1.22. The van der Waals surface area contributed by atoms with Crippen LogP contribution in [0.3, 0.4) is 0 Å². The van der Waals surface area contributed by atoms with Crippen LogP contribution >= 0.6 is 0 Å². The summed E-state index contributed by atoms with van der Waals surface area (Å²) in [7, 11) is 1.61. The maximum atomic E-state index is 12.7. The van der Waals surface area contributed by atoms with Gasteiger partial charge in [-0.15, -0.1) is 0 Å². The highest BCUT2D eigenvalue weighted by Gasteiger charge is 2.28. The molecule has 7 nitrogen and oxygen atoms in total. The number of benzene rings is 1. The monoisotopic (exact) mass is 494 g/mol. The van der Waals surface area contributed by atoms with Gasteiger partial charge >= 0.3 is 0 Å². The van der Waals surface area contributed by atoms with E-state index in [0.717, 1.165) is 22.9 Å². The molecule has 0 spiro atoms. The van der Waals surface area contributed by atoms with E-state index in [9.17, 15) is 4.79 Å². The van der Waals surface area contributed by atoms with Gasteiger partial charge in [-0.2, -0.15) is 0 Å². The quantitative estimate of drug-likeness (QED) is 0.470. The lowest BCUT2D eigenvalue weighted by atomic mass is 9.88. The molecule has 3 aromatic rings. The molecule has 4 heterocycles. The molecule has 1 amide bonds. The van der Waals surface area contributed by atoms with Crippen molar-refractivity contribution in [1.29, 1.82) is 0 Å². The Morgan fingerprint density at radius 1 is 1.00 bits per heavy atom. The first-order valence-electron chi connectivity index (χ1n) is 13.2. The van der Waals surface area contributed by atoms with Crippen LogP contribution in [0.25, 0.3) is 17.3 Å². The number of hydrogen-bond acceptors (Lipinski definition) is 6. The molecule has 37 heavy (non-hydrogen) atoms. The average Bonchev–Trinajstić information content (AvgIpc) is 3.49. The number of carbonyl (C=O) groups is 1. The molecule has 7 heteroatoms. The number of anilines is 2. The van der Waals surface area contributed by atoms with Crippen LogP contribution in [0.4, 0.5) is 11.5 Å². The third-order valence-electron chi connectivity index (χ3n) is 7.97. The molecular formula is C30H32N5O2. The summed E-state index contributed by atoms with van der Waals surface area (Å²) < 4.78 is 5.33. The summed E-state index contributed by atoms with van der Waals surface area (Å²) in [5.74, 6) is 1.45. The minimum Gasteiger partial charge on any atom is -0.495 e. The van der Waals surface area contributed by atoms with Crippen LogP contribution in [0, 0.1) is 0 Å². The van der Waals surface area contributed by atoms with E-state index in [4.69, 9.17) is 9.72 Å². The van der Waals surface area contributed by atoms with Crippen molar-refractivity contribution in [2.45, 2.75) is 50.5 Å². The summed E-state index contributed by atoms with van der Waals surface area (Å²) in [5, 5.41) is 7.37. The lowest BCUT2D eigenvalue weighted by Crippen LogP contribution is -2.39. The van der Waals surface area contributed by atoms with Gasteiger partial charge in [0.15, 0.2) is 0 Å². The molecule has 2 fully saturated rings. The Bertz CT molecular complexity index is 1310. The van der Waals surface area contributed by atoms with Gasteiger partial charge in [0.2, 0.25) is 0 Å². The normalized spacial score (nSPS) is 18.5. The predicted molar refractivity (Wildman–Crippen MR) is 145 cm³/mol. The van der Waals surface area contributed by atoms with Crippen molar-refractivity contribution in [2.24, 2.45) is 0 Å². The van der Waals surface area contributed by atoms with E-state index in [0.29, 0.717) is 28.7 Å². The first-order valence-corrected chi connectivity index (χ1v) is 13.2. The van der Waals surface area contributed by atoms with Crippen molar-refractivity contribution in [3.05, 3.63) is 71.7 Å². The molecule has 1 saturated heterocycles. The Morgan fingerprint density at radius 3 is 2.54 bits per heavy atom. The molecule has 2 aliphatic heterocycles. The lowest BCUT2D eigenvalue weighted by Gasteiger charge is -2.36. The number of methoxy groups -OCH3 is 1. The van der Waals surface area contributed by atoms with Gasteiger partial charge in [-0.1, -0.05) is 25.0 Å². The van der Waals surface area contributed by atoms with E-state index in [1.165, 1.54) is 63.4 Å². The van der Waals surface area contributed by atoms with Gasteiger partial charge in [0.05, 0.1) is 24.6 Å². The van der Waals surface area contributed by atoms with E-state index in [-0.39, 0.29) is 5.91 Å². The minimum atomic E-state index is -0.298. The molecule has 189 valence electrons. The highest BCUT2D eigenvalue weighted by molar-refractivity contribution is 6.05. The summed E-state index contributed by atoms with van der Waals surface area (Å²) in [6.07, 6.45) is 14.8. The largest absolute Gasteiger partial charge is 0.495 e. The maximum Gasteiger partial charge on any atom is 0.281 e. The SMILES string of the molecule is COc1cncc(-c2cc3c(c(Nc4ccc(C5CCN(C6CCCC6)CC5)cc4)n2)C(=O)[N]C=C3)c1. The molecule has 0 unspecified atom stereocenters. The van der Waals surface area contributed by atoms with Crippen LogP contribution < -0.4 is 15.4 Å². The highest BCUT2D eigenvalue weighted by atomic mass is 16.5. The lowest BCUT2D eigenvalue weighted by molar-refractivity contribution is 0.0965. The zero-order valence-corrected chi connectivity index (χ0v) is 21.2. The van der Waals surface area contributed by atoms with E-state index in [2.05, 4.69) is 44.8 Å². The van der Waals surface area contributed by atoms with E-state index < -0.39 is 0 Å². The zero-order valence-electron chi connectivity index (χ0n) is 21.2. The summed E-state index contributed by atoms with van der Waals surface area (Å²) in [6.45, 7) is 2.41. The molecular weight excluding hydrogens is 462 g/mol. The molecule has 0 bridgehead atoms. The number of amides is 1. The van der Waals surface area contributed by atoms with Gasteiger partial charge in [0.25, 0.3) is 5.91 Å². The number of aromatic nitrogens is 2. The van der Waals surface area contributed by atoms with Crippen LogP contribution in [0.5, 0.6) is 5.75 Å². The van der Waals surface area contributed by atoms with Crippen LogP contribution in [-0.4, -0.2) is 47.0 Å². The van der Waals surface area contributed by atoms with Gasteiger partial charge in [-0.25, -0.2) is 10.3 Å². The summed E-state index contributed by atoms with van der Waals surface area (Å²) in [4.78, 5) is 24.5. The second kappa shape index (κ2) is 10.3. The van der Waals surface area contributed by atoms with Gasteiger partial charge < -0.3 is 15.0 Å². The van der Waals surface area contributed by atoms with Crippen molar-refractivity contribution in [1.82, 2.24) is 20.2 Å². The number of nitrogens with zero attached hydrogens (tertiary/aromatic N) is 4. The number of likely N-dealkylation sites (tertiary alicyclic amines) is 1. The average molecular weight is 495 g/mol. The van der Waals surface area contributed by atoms with Crippen LogP contribution in [0.1, 0.15) is 65.9 Å². The fraction of sp³-hybridized carbons (Fsp3) is 0.367. The van der Waals surface area contributed by atoms with Crippen LogP contribution in [0.2, 0.25) is 0 Å².